The van der Waals surface area contributed by atoms with Gasteiger partial charge >= 0.3 is 5.97 Å². The first-order valence-corrected chi connectivity index (χ1v) is 8.34. The Balaban J connectivity index is 1.41. The Kier molecular flexibility index (Phi) is 4.79. The number of nitrogens with one attached hydrogen (secondary N) is 1. The number of carbonyl (C=O) groups excluding carboxylic acids is 1. The van der Waals surface area contributed by atoms with Crippen molar-refractivity contribution in [3.63, 3.8) is 0 Å². The summed E-state index contributed by atoms with van der Waals surface area (Å²) in [6.45, 7) is 2.50. The number of likely N-dealkylation sites (tertiary alicyclic amines) is 1. The van der Waals surface area contributed by atoms with Crippen LogP contribution in [0.2, 0.25) is 0 Å². The van der Waals surface area contributed by atoms with Crippen molar-refractivity contribution in [1.82, 2.24) is 9.88 Å². The maximum atomic E-state index is 11.8. The number of amides is 1. The number of aliphatic carboxylic acids is 1. The van der Waals surface area contributed by atoms with Crippen LogP contribution in [0.15, 0.2) is 12.1 Å². The second-order valence-electron chi connectivity index (χ2n) is 6.44. The molecule has 0 bridgehead atoms. The highest BCUT2D eigenvalue weighted by atomic mass is 16.4. The number of hydrogen-bond donors (Lipinski definition) is 2. The number of fused-ring (bicyclic) bond motifs is 1. The molecule has 0 atom stereocenters. The number of pyridine rings is 1. The van der Waals surface area contributed by atoms with E-state index in [9.17, 15) is 9.59 Å². The Morgan fingerprint density at radius 1 is 1.30 bits per heavy atom. The number of aromatic nitrogens is 1. The van der Waals surface area contributed by atoms with Crippen LogP contribution in [0.4, 0.5) is 5.82 Å². The summed E-state index contributed by atoms with van der Waals surface area (Å²) in [6.07, 6.45) is 4.25. The summed E-state index contributed by atoms with van der Waals surface area (Å²) in [5.74, 6) is 0.588. The van der Waals surface area contributed by atoms with Crippen molar-refractivity contribution in [2.24, 2.45) is 5.92 Å². The third-order valence-corrected chi connectivity index (χ3v) is 4.62. The van der Waals surface area contributed by atoms with Crippen LogP contribution < -0.4 is 5.32 Å². The summed E-state index contributed by atoms with van der Waals surface area (Å²) in [5, 5.41) is 12.0. The third-order valence-electron chi connectivity index (χ3n) is 4.62. The molecule has 1 fully saturated rings. The maximum Gasteiger partial charge on any atom is 0.303 e. The summed E-state index contributed by atoms with van der Waals surface area (Å²) in [4.78, 5) is 28.7. The van der Waals surface area contributed by atoms with Gasteiger partial charge in [-0.05, 0) is 43.2 Å². The fraction of sp³-hybridized carbons (Fsp3) is 0.588. The fourth-order valence-electron chi connectivity index (χ4n) is 3.19. The number of aryl methyl sites for hydroxylation is 2. The summed E-state index contributed by atoms with van der Waals surface area (Å²) in [5.41, 5.74) is 2.41. The highest BCUT2D eigenvalue weighted by Crippen LogP contribution is 2.24. The van der Waals surface area contributed by atoms with Crippen LogP contribution >= 0.6 is 0 Å². The second kappa shape index (κ2) is 6.98. The molecule has 3 heterocycles. The molecule has 0 spiro atoms. The topological polar surface area (TPSA) is 82.5 Å². The van der Waals surface area contributed by atoms with Gasteiger partial charge in [0.05, 0.1) is 6.42 Å². The average Bonchev–Trinajstić information content (AvgIpc) is 2.51. The van der Waals surface area contributed by atoms with Gasteiger partial charge in [-0.25, -0.2) is 4.98 Å². The van der Waals surface area contributed by atoms with Crippen LogP contribution in [0.25, 0.3) is 0 Å². The molecule has 1 aromatic rings. The van der Waals surface area contributed by atoms with Gasteiger partial charge < -0.3 is 15.3 Å². The number of rotatable bonds is 6. The van der Waals surface area contributed by atoms with Gasteiger partial charge in [0.25, 0.3) is 0 Å². The minimum absolute atomic E-state index is 0.0419. The monoisotopic (exact) mass is 317 g/mol. The van der Waals surface area contributed by atoms with Crippen molar-refractivity contribution >= 4 is 17.7 Å². The van der Waals surface area contributed by atoms with E-state index in [-0.39, 0.29) is 18.7 Å². The van der Waals surface area contributed by atoms with Crippen LogP contribution in [-0.2, 0) is 22.4 Å². The number of carboxylic acid groups (broad SMARTS) is 1. The van der Waals surface area contributed by atoms with Gasteiger partial charge in [0, 0.05) is 31.7 Å². The van der Waals surface area contributed by atoms with E-state index < -0.39 is 5.97 Å². The molecule has 2 N–H and O–H groups in total. The van der Waals surface area contributed by atoms with E-state index in [4.69, 9.17) is 5.11 Å². The lowest BCUT2D eigenvalue weighted by Crippen LogP contribution is -2.50. The Labute approximate surface area is 135 Å². The van der Waals surface area contributed by atoms with Crippen molar-refractivity contribution < 1.29 is 14.7 Å². The molecule has 3 rings (SSSR count). The van der Waals surface area contributed by atoms with Gasteiger partial charge in [-0.3, -0.25) is 9.59 Å². The van der Waals surface area contributed by atoms with Crippen LogP contribution in [0.3, 0.4) is 0 Å². The van der Waals surface area contributed by atoms with Crippen molar-refractivity contribution in [3.05, 3.63) is 23.4 Å². The molecule has 1 aromatic heterocycles. The first-order valence-electron chi connectivity index (χ1n) is 8.34. The summed E-state index contributed by atoms with van der Waals surface area (Å²) in [6, 6.07) is 4.28. The first-order chi connectivity index (χ1) is 11.1. The normalized spacial score (nSPS) is 17.1. The van der Waals surface area contributed by atoms with Gasteiger partial charge in [0.2, 0.25) is 5.91 Å². The highest BCUT2D eigenvalue weighted by molar-refractivity contribution is 5.81. The van der Waals surface area contributed by atoms with E-state index in [2.05, 4.69) is 22.4 Å². The molecule has 6 nitrogen and oxygen atoms in total. The van der Waals surface area contributed by atoms with Crippen LogP contribution in [0, 0.1) is 5.92 Å². The predicted molar refractivity (Wildman–Crippen MR) is 86.3 cm³/mol. The maximum absolute atomic E-state index is 11.8. The molecule has 0 saturated carbocycles. The molecule has 23 heavy (non-hydrogen) atoms. The highest BCUT2D eigenvalue weighted by Gasteiger charge is 2.30. The fourth-order valence-corrected chi connectivity index (χ4v) is 3.19. The number of anilines is 1. The predicted octanol–water partition coefficient (Wildman–Crippen LogP) is 1.70. The van der Waals surface area contributed by atoms with Gasteiger partial charge in [0.1, 0.15) is 5.82 Å². The SMILES string of the molecule is O=C(O)CCC(=O)N1CC(CCc2ccc3c(n2)NCCC3)C1. The second-order valence-corrected chi connectivity index (χ2v) is 6.44. The lowest BCUT2D eigenvalue weighted by atomic mass is 9.93. The van der Waals surface area contributed by atoms with E-state index in [1.807, 2.05) is 0 Å². The van der Waals surface area contributed by atoms with Crippen molar-refractivity contribution in [1.29, 1.82) is 0 Å². The molecule has 0 radical (unpaired) electrons. The third kappa shape index (κ3) is 4.00. The number of hydrogen-bond acceptors (Lipinski definition) is 4. The van der Waals surface area contributed by atoms with E-state index in [0.29, 0.717) is 5.92 Å². The summed E-state index contributed by atoms with van der Waals surface area (Å²) < 4.78 is 0. The minimum Gasteiger partial charge on any atom is -0.481 e. The number of nitrogens with zero attached hydrogens (tertiary/aromatic N) is 2. The number of carbonyl (C=O) groups is 2. The van der Waals surface area contributed by atoms with Crippen LogP contribution in [0.1, 0.15) is 36.9 Å². The van der Waals surface area contributed by atoms with E-state index in [1.54, 1.807) is 4.90 Å². The van der Waals surface area contributed by atoms with Crippen LogP contribution in [0.5, 0.6) is 0 Å². The molecule has 0 aliphatic carbocycles. The minimum atomic E-state index is -0.914. The molecule has 0 unspecified atom stereocenters. The standard InChI is InChI=1S/C17H23N3O3/c21-15(7-8-16(22)23)20-10-12(11-20)3-5-14-6-4-13-2-1-9-18-17(13)19-14/h4,6,12H,1-3,5,7-11H2,(H,18,19)(H,22,23). The zero-order chi connectivity index (χ0) is 16.2. The Hall–Kier alpha value is -2.11. The summed E-state index contributed by atoms with van der Waals surface area (Å²) >= 11 is 0. The molecular formula is C17H23N3O3. The van der Waals surface area contributed by atoms with Gasteiger partial charge in [0.15, 0.2) is 0 Å². The zero-order valence-corrected chi connectivity index (χ0v) is 13.3. The largest absolute Gasteiger partial charge is 0.481 e. The smallest absolute Gasteiger partial charge is 0.303 e. The van der Waals surface area contributed by atoms with E-state index in [0.717, 1.165) is 50.4 Å². The molecule has 1 amide bonds. The Bertz CT molecular complexity index is 597. The van der Waals surface area contributed by atoms with E-state index >= 15 is 0 Å². The average molecular weight is 317 g/mol. The molecule has 0 aromatic carbocycles. The molecule has 2 aliphatic heterocycles. The summed E-state index contributed by atoms with van der Waals surface area (Å²) in [7, 11) is 0. The number of carboxylic acids is 1. The molecule has 2 aliphatic rings. The zero-order valence-electron chi connectivity index (χ0n) is 13.3. The van der Waals surface area contributed by atoms with Gasteiger partial charge in [-0.2, -0.15) is 0 Å². The lowest BCUT2D eigenvalue weighted by Gasteiger charge is -2.39. The van der Waals surface area contributed by atoms with Gasteiger partial charge in [-0.15, -0.1) is 0 Å². The van der Waals surface area contributed by atoms with Crippen molar-refractivity contribution in [3.8, 4) is 0 Å². The molecular weight excluding hydrogens is 294 g/mol. The Morgan fingerprint density at radius 3 is 2.91 bits per heavy atom. The van der Waals surface area contributed by atoms with Crippen molar-refractivity contribution in [2.45, 2.75) is 38.5 Å². The van der Waals surface area contributed by atoms with E-state index in [1.165, 1.54) is 12.0 Å². The molecule has 124 valence electrons. The van der Waals surface area contributed by atoms with Crippen molar-refractivity contribution in [2.75, 3.05) is 25.0 Å². The molecule has 1 saturated heterocycles. The first kappa shape index (κ1) is 15.8. The van der Waals surface area contributed by atoms with Gasteiger partial charge in [-0.1, -0.05) is 6.07 Å². The van der Waals surface area contributed by atoms with Crippen LogP contribution in [-0.4, -0.2) is 46.5 Å². The quantitative estimate of drug-likeness (QED) is 0.834. The Morgan fingerprint density at radius 2 is 2.13 bits per heavy atom. The molecule has 6 heteroatoms. The lowest BCUT2D eigenvalue weighted by molar-refractivity contribution is -0.143.